The highest BCUT2D eigenvalue weighted by Crippen LogP contribution is 2.29. The standard InChI is InChI=1S/C22H19N5O3S/c28-19-13-18(26-9-7-23-8-10-26)24-22-27(19)25-20(31-22)16-5-1-3-14(11-16)15-4-2-6-17(12-15)21(29)30/h1-6,11-13,23H,7-10H2,(H,29,30). The lowest BCUT2D eigenvalue weighted by molar-refractivity contribution is 0.0697. The van der Waals surface area contributed by atoms with E-state index in [4.69, 9.17) is 0 Å². The number of rotatable bonds is 4. The number of carbonyl (C=O) groups is 1. The molecule has 2 N–H and O–H groups in total. The van der Waals surface area contributed by atoms with E-state index in [0.717, 1.165) is 42.9 Å². The number of carboxylic acids is 1. The summed E-state index contributed by atoms with van der Waals surface area (Å²) in [7, 11) is 0. The Kier molecular flexibility index (Phi) is 4.97. The Labute approximate surface area is 181 Å². The molecule has 0 spiro atoms. The van der Waals surface area contributed by atoms with Crippen molar-refractivity contribution in [2.45, 2.75) is 0 Å². The maximum Gasteiger partial charge on any atom is 0.335 e. The lowest BCUT2D eigenvalue weighted by Crippen LogP contribution is -2.44. The highest BCUT2D eigenvalue weighted by Gasteiger charge is 2.16. The van der Waals surface area contributed by atoms with Crippen LogP contribution in [0.3, 0.4) is 0 Å². The molecule has 3 heterocycles. The SMILES string of the molecule is O=C(O)c1cccc(-c2cccc(-c3nn4c(=O)cc(N5CCNCC5)nc4s3)c2)c1. The van der Waals surface area contributed by atoms with Crippen molar-refractivity contribution in [1.82, 2.24) is 19.9 Å². The average Bonchev–Trinajstić information content (AvgIpc) is 3.25. The van der Waals surface area contributed by atoms with Gasteiger partial charge < -0.3 is 15.3 Å². The molecule has 1 fully saturated rings. The first-order valence-corrected chi connectivity index (χ1v) is 10.7. The van der Waals surface area contributed by atoms with Crippen molar-refractivity contribution in [3.63, 3.8) is 0 Å². The first-order chi connectivity index (χ1) is 15.1. The van der Waals surface area contributed by atoms with E-state index in [2.05, 4.69) is 20.3 Å². The molecule has 1 aliphatic rings. The maximum absolute atomic E-state index is 12.6. The quantitative estimate of drug-likeness (QED) is 0.510. The van der Waals surface area contributed by atoms with Gasteiger partial charge in [-0.25, -0.2) is 9.78 Å². The smallest absolute Gasteiger partial charge is 0.335 e. The van der Waals surface area contributed by atoms with E-state index in [9.17, 15) is 14.7 Å². The molecular formula is C22H19N5O3S. The molecule has 0 unspecified atom stereocenters. The van der Waals surface area contributed by atoms with Crippen molar-refractivity contribution in [3.8, 4) is 21.7 Å². The Morgan fingerprint density at radius 3 is 2.48 bits per heavy atom. The number of piperazine rings is 1. The van der Waals surface area contributed by atoms with Crippen LogP contribution >= 0.6 is 11.3 Å². The molecule has 156 valence electrons. The van der Waals surface area contributed by atoms with E-state index in [1.165, 1.54) is 21.9 Å². The fourth-order valence-electron chi connectivity index (χ4n) is 3.64. The third kappa shape index (κ3) is 3.80. The average molecular weight is 433 g/mol. The number of aromatic carboxylic acids is 1. The molecule has 8 nitrogen and oxygen atoms in total. The molecule has 0 saturated carbocycles. The van der Waals surface area contributed by atoms with Crippen molar-refractivity contribution in [2.24, 2.45) is 0 Å². The van der Waals surface area contributed by atoms with Gasteiger partial charge in [0.15, 0.2) is 0 Å². The summed E-state index contributed by atoms with van der Waals surface area (Å²) in [5.41, 5.74) is 2.56. The molecule has 2 aromatic heterocycles. The number of anilines is 1. The van der Waals surface area contributed by atoms with Crippen LogP contribution in [0.4, 0.5) is 5.82 Å². The first-order valence-electron chi connectivity index (χ1n) is 9.89. The van der Waals surface area contributed by atoms with Gasteiger partial charge in [0.1, 0.15) is 10.8 Å². The summed E-state index contributed by atoms with van der Waals surface area (Å²) in [4.78, 5) is 31.3. The van der Waals surface area contributed by atoms with Gasteiger partial charge in [0.2, 0.25) is 4.96 Å². The van der Waals surface area contributed by atoms with Gasteiger partial charge in [-0.1, -0.05) is 41.7 Å². The molecular weight excluding hydrogens is 414 g/mol. The molecule has 9 heteroatoms. The number of carboxylic acid groups (broad SMARTS) is 1. The molecule has 0 amide bonds. The van der Waals surface area contributed by atoms with Crippen molar-refractivity contribution in [3.05, 3.63) is 70.5 Å². The summed E-state index contributed by atoms with van der Waals surface area (Å²) in [6.07, 6.45) is 0. The van der Waals surface area contributed by atoms with Crippen molar-refractivity contribution in [2.75, 3.05) is 31.1 Å². The third-order valence-corrected chi connectivity index (χ3v) is 6.18. The second-order valence-electron chi connectivity index (χ2n) is 7.26. The maximum atomic E-state index is 12.6. The second-order valence-corrected chi connectivity index (χ2v) is 8.21. The zero-order valence-corrected chi connectivity index (χ0v) is 17.3. The number of hydrogen-bond acceptors (Lipinski definition) is 7. The molecule has 2 aromatic carbocycles. The van der Waals surface area contributed by atoms with Gasteiger partial charge in [-0.2, -0.15) is 9.61 Å². The van der Waals surface area contributed by atoms with Crippen LogP contribution in [0.1, 0.15) is 10.4 Å². The number of hydrogen-bond donors (Lipinski definition) is 2. The number of nitrogens with zero attached hydrogens (tertiary/aromatic N) is 4. The summed E-state index contributed by atoms with van der Waals surface area (Å²) in [5.74, 6) is -0.282. The zero-order chi connectivity index (χ0) is 21.4. The van der Waals surface area contributed by atoms with Gasteiger partial charge in [0, 0.05) is 37.8 Å². The molecule has 5 rings (SSSR count). The predicted molar refractivity (Wildman–Crippen MR) is 120 cm³/mol. The summed E-state index contributed by atoms with van der Waals surface area (Å²) < 4.78 is 1.34. The van der Waals surface area contributed by atoms with Crippen LogP contribution < -0.4 is 15.8 Å². The monoisotopic (exact) mass is 433 g/mol. The molecule has 0 bridgehead atoms. The predicted octanol–water partition coefficient (Wildman–Crippen LogP) is 2.59. The van der Waals surface area contributed by atoms with Gasteiger partial charge in [-0.05, 0) is 29.3 Å². The number of aromatic nitrogens is 3. The van der Waals surface area contributed by atoms with Crippen LogP contribution in [-0.4, -0.2) is 51.9 Å². The first kappa shape index (κ1) is 19.4. The lowest BCUT2D eigenvalue weighted by Gasteiger charge is -2.27. The molecule has 0 aliphatic carbocycles. The highest BCUT2D eigenvalue weighted by molar-refractivity contribution is 7.19. The Hall–Kier alpha value is -3.56. The third-order valence-electron chi connectivity index (χ3n) is 5.22. The van der Waals surface area contributed by atoms with Crippen LogP contribution in [0.5, 0.6) is 0 Å². The summed E-state index contributed by atoms with van der Waals surface area (Å²) in [5, 5.41) is 17.7. The Morgan fingerprint density at radius 2 is 1.71 bits per heavy atom. The fraction of sp³-hybridized carbons (Fsp3) is 0.182. The molecule has 1 aliphatic heterocycles. The normalized spacial score (nSPS) is 14.1. The van der Waals surface area contributed by atoms with E-state index >= 15 is 0 Å². The lowest BCUT2D eigenvalue weighted by atomic mass is 10.0. The number of nitrogens with one attached hydrogen (secondary N) is 1. The van der Waals surface area contributed by atoms with E-state index in [0.29, 0.717) is 15.8 Å². The summed E-state index contributed by atoms with van der Waals surface area (Å²) in [6, 6.07) is 16.0. The Balaban J connectivity index is 1.53. The minimum Gasteiger partial charge on any atom is -0.478 e. The van der Waals surface area contributed by atoms with Gasteiger partial charge >= 0.3 is 5.97 Å². The van der Waals surface area contributed by atoms with Crippen LogP contribution in [0.15, 0.2) is 59.4 Å². The Morgan fingerprint density at radius 1 is 1.00 bits per heavy atom. The highest BCUT2D eigenvalue weighted by atomic mass is 32.1. The van der Waals surface area contributed by atoms with Gasteiger partial charge in [-0.3, -0.25) is 4.79 Å². The largest absolute Gasteiger partial charge is 0.478 e. The Bertz CT molecular complexity index is 1340. The van der Waals surface area contributed by atoms with Crippen LogP contribution in [0.2, 0.25) is 0 Å². The van der Waals surface area contributed by atoms with Gasteiger partial charge in [0.05, 0.1) is 5.56 Å². The molecule has 0 atom stereocenters. The van der Waals surface area contributed by atoms with Crippen LogP contribution in [-0.2, 0) is 0 Å². The van der Waals surface area contributed by atoms with Crippen LogP contribution in [0, 0.1) is 0 Å². The van der Waals surface area contributed by atoms with Gasteiger partial charge in [0.25, 0.3) is 5.56 Å². The van der Waals surface area contributed by atoms with E-state index in [1.807, 2.05) is 30.3 Å². The second kappa shape index (κ2) is 7.93. The topological polar surface area (TPSA) is 99.8 Å². The van der Waals surface area contributed by atoms with Crippen molar-refractivity contribution >= 4 is 28.1 Å². The minimum atomic E-state index is -0.963. The zero-order valence-electron chi connectivity index (χ0n) is 16.5. The molecule has 31 heavy (non-hydrogen) atoms. The number of fused-ring (bicyclic) bond motifs is 1. The molecule has 0 radical (unpaired) electrons. The summed E-state index contributed by atoms with van der Waals surface area (Å²) in [6.45, 7) is 3.35. The molecule has 1 saturated heterocycles. The van der Waals surface area contributed by atoms with Gasteiger partial charge in [-0.15, -0.1) is 0 Å². The molecule has 4 aromatic rings. The summed E-state index contributed by atoms with van der Waals surface area (Å²) >= 11 is 1.36. The van der Waals surface area contributed by atoms with E-state index in [-0.39, 0.29) is 11.1 Å². The fourth-order valence-corrected chi connectivity index (χ4v) is 4.53. The van der Waals surface area contributed by atoms with Crippen molar-refractivity contribution in [1.29, 1.82) is 0 Å². The minimum absolute atomic E-state index is 0.202. The van der Waals surface area contributed by atoms with E-state index < -0.39 is 5.97 Å². The number of benzene rings is 2. The van der Waals surface area contributed by atoms with Crippen molar-refractivity contribution < 1.29 is 9.90 Å². The van der Waals surface area contributed by atoms with Crippen LogP contribution in [0.25, 0.3) is 26.7 Å². The van der Waals surface area contributed by atoms with E-state index in [1.54, 1.807) is 18.2 Å².